The molecule has 4 heteroatoms. The smallest absolute Gasteiger partial charge is 0.343 e. The molecule has 0 bridgehead atoms. The summed E-state index contributed by atoms with van der Waals surface area (Å²) < 4.78 is 11.8. The van der Waals surface area contributed by atoms with Crippen molar-refractivity contribution in [2.75, 3.05) is 0 Å². The molecule has 160 valence electrons. The average molecular weight is 417 g/mol. The van der Waals surface area contributed by atoms with E-state index in [1.165, 1.54) is 0 Å². The first-order chi connectivity index (χ1) is 14.9. The molecule has 0 aromatic heterocycles. The van der Waals surface area contributed by atoms with Crippen molar-refractivity contribution < 1.29 is 19.1 Å². The van der Waals surface area contributed by atoms with Crippen LogP contribution >= 0.6 is 0 Å². The molecule has 0 heterocycles. The zero-order chi connectivity index (χ0) is 22.4. The lowest BCUT2D eigenvalue weighted by Crippen LogP contribution is -2.16. The topological polar surface area (TPSA) is 52.6 Å². The van der Waals surface area contributed by atoms with Gasteiger partial charge >= 0.3 is 11.9 Å². The fourth-order valence-corrected chi connectivity index (χ4v) is 3.47. The monoisotopic (exact) mass is 416 g/mol. The summed E-state index contributed by atoms with van der Waals surface area (Å²) in [4.78, 5) is 25.8. The van der Waals surface area contributed by atoms with Crippen LogP contribution in [-0.2, 0) is 12.8 Å². The molecule has 31 heavy (non-hydrogen) atoms. The number of carbonyl (C=O) groups excluding carboxylic acids is 2. The van der Waals surface area contributed by atoms with Crippen LogP contribution in [0.15, 0.2) is 66.7 Å². The van der Waals surface area contributed by atoms with Crippen LogP contribution in [0.3, 0.4) is 0 Å². The maximum Gasteiger partial charge on any atom is 0.343 e. The Morgan fingerprint density at radius 2 is 1.29 bits per heavy atom. The Labute approximate surface area is 183 Å². The number of hydrogen-bond acceptors (Lipinski definition) is 4. The Balaban J connectivity index is 2.10. The molecule has 3 rings (SSSR count). The zero-order valence-electron chi connectivity index (χ0n) is 18.5. The van der Waals surface area contributed by atoms with E-state index in [-0.39, 0.29) is 0 Å². The molecule has 4 nitrogen and oxygen atoms in total. The van der Waals surface area contributed by atoms with Crippen LogP contribution in [0, 0.1) is 12.8 Å². The fraction of sp³-hybridized carbons (Fsp3) is 0.259. The number of aryl methyl sites for hydroxylation is 2. The van der Waals surface area contributed by atoms with Gasteiger partial charge in [-0.2, -0.15) is 0 Å². The minimum atomic E-state index is -0.480. The maximum absolute atomic E-state index is 12.9. The van der Waals surface area contributed by atoms with Gasteiger partial charge in [0.2, 0.25) is 0 Å². The van der Waals surface area contributed by atoms with Crippen LogP contribution < -0.4 is 9.47 Å². The van der Waals surface area contributed by atoms with E-state index in [0.29, 0.717) is 41.4 Å². The number of esters is 2. The molecule has 0 saturated heterocycles. The summed E-state index contributed by atoms with van der Waals surface area (Å²) in [5.74, 6) is 0.0329. The molecule has 0 N–H and O–H groups in total. The van der Waals surface area contributed by atoms with Gasteiger partial charge in [0, 0.05) is 5.56 Å². The Kier molecular flexibility index (Phi) is 7.24. The van der Waals surface area contributed by atoms with E-state index in [1.807, 2.05) is 32.0 Å². The Hall–Kier alpha value is -3.40. The minimum Gasteiger partial charge on any atom is -0.419 e. The van der Waals surface area contributed by atoms with Crippen molar-refractivity contribution in [1.82, 2.24) is 0 Å². The first-order valence-corrected chi connectivity index (χ1v) is 10.6. The predicted octanol–water partition coefficient (Wildman–Crippen LogP) is 6.19. The van der Waals surface area contributed by atoms with Crippen molar-refractivity contribution in [3.63, 3.8) is 0 Å². The van der Waals surface area contributed by atoms with Gasteiger partial charge in [0.1, 0.15) is 0 Å². The van der Waals surface area contributed by atoms with Gasteiger partial charge in [0.25, 0.3) is 0 Å². The van der Waals surface area contributed by atoms with Crippen LogP contribution in [0.5, 0.6) is 11.5 Å². The highest BCUT2D eigenvalue weighted by Crippen LogP contribution is 2.40. The molecular weight excluding hydrogens is 388 g/mol. The van der Waals surface area contributed by atoms with Gasteiger partial charge in [-0.1, -0.05) is 63.2 Å². The highest BCUT2D eigenvalue weighted by atomic mass is 16.6. The summed E-state index contributed by atoms with van der Waals surface area (Å²) in [5, 5.41) is 0. The SMILES string of the molecule is CCc1cc(C)c(CC(C)C)c(OC(=O)c2ccccc2)c1OC(=O)c1ccccc1. The summed E-state index contributed by atoms with van der Waals surface area (Å²) in [7, 11) is 0. The van der Waals surface area contributed by atoms with Gasteiger partial charge in [0.15, 0.2) is 11.5 Å². The van der Waals surface area contributed by atoms with Gasteiger partial charge in [0.05, 0.1) is 11.1 Å². The van der Waals surface area contributed by atoms with Crippen molar-refractivity contribution in [2.45, 2.75) is 40.5 Å². The Morgan fingerprint density at radius 3 is 1.74 bits per heavy atom. The highest BCUT2D eigenvalue weighted by molar-refractivity contribution is 5.93. The molecule has 3 aromatic carbocycles. The van der Waals surface area contributed by atoms with Crippen molar-refractivity contribution >= 4 is 11.9 Å². The quantitative estimate of drug-likeness (QED) is 0.340. The molecule has 0 aliphatic heterocycles. The van der Waals surface area contributed by atoms with E-state index in [4.69, 9.17) is 9.47 Å². The van der Waals surface area contributed by atoms with E-state index in [9.17, 15) is 9.59 Å². The summed E-state index contributed by atoms with van der Waals surface area (Å²) >= 11 is 0. The Bertz CT molecular complexity index is 1050. The average Bonchev–Trinajstić information content (AvgIpc) is 2.78. The van der Waals surface area contributed by atoms with Crippen LogP contribution in [-0.4, -0.2) is 11.9 Å². The third-order valence-electron chi connectivity index (χ3n) is 5.04. The Morgan fingerprint density at radius 1 is 0.806 bits per heavy atom. The van der Waals surface area contributed by atoms with E-state index in [2.05, 4.69) is 13.8 Å². The number of hydrogen-bond donors (Lipinski definition) is 0. The fourth-order valence-electron chi connectivity index (χ4n) is 3.47. The maximum atomic E-state index is 12.9. The third kappa shape index (κ3) is 5.40. The second-order valence-corrected chi connectivity index (χ2v) is 7.95. The zero-order valence-corrected chi connectivity index (χ0v) is 18.5. The van der Waals surface area contributed by atoms with Gasteiger partial charge in [-0.25, -0.2) is 9.59 Å². The van der Waals surface area contributed by atoms with E-state index >= 15 is 0 Å². The van der Waals surface area contributed by atoms with Crippen molar-refractivity contribution in [3.8, 4) is 11.5 Å². The van der Waals surface area contributed by atoms with Gasteiger partial charge in [-0.3, -0.25) is 0 Å². The first-order valence-electron chi connectivity index (χ1n) is 10.6. The summed E-state index contributed by atoms with van der Waals surface area (Å²) in [6.07, 6.45) is 1.33. The van der Waals surface area contributed by atoms with Crippen LogP contribution in [0.25, 0.3) is 0 Å². The lowest BCUT2D eigenvalue weighted by molar-refractivity contribution is 0.0679. The molecule has 0 aliphatic carbocycles. The normalized spacial score (nSPS) is 10.7. The molecule has 0 saturated carbocycles. The molecule has 0 fully saturated rings. The first kappa shape index (κ1) is 22.3. The molecule has 0 radical (unpaired) electrons. The van der Waals surface area contributed by atoms with Crippen LogP contribution in [0.1, 0.15) is 58.2 Å². The standard InChI is InChI=1S/C27H28O4/c1-5-20-17-19(4)23(16-18(2)3)25(31-27(29)22-14-10-7-11-15-22)24(20)30-26(28)21-12-8-6-9-13-21/h6-15,17-18H,5,16H2,1-4H3. The summed E-state index contributed by atoms with van der Waals surface area (Å²) in [6, 6.07) is 19.7. The molecule has 0 aliphatic rings. The molecule has 0 amide bonds. The van der Waals surface area contributed by atoms with Crippen molar-refractivity contribution in [3.05, 3.63) is 94.5 Å². The van der Waals surface area contributed by atoms with Gasteiger partial charge in [-0.05, 0) is 61.1 Å². The largest absolute Gasteiger partial charge is 0.419 e. The minimum absolute atomic E-state index is 0.321. The summed E-state index contributed by atoms with van der Waals surface area (Å²) in [6.45, 7) is 8.19. The second kappa shape index (κ2) is 10.1. The number of ether oxygens (including phenoxy) is 2. The van der Waals surface area contributed by atoms with Crippen LogP contribution in [0.4, 0.5) is 0 Å². The lowest BCUT2D eigenvalue weighted by atomic mass is 9.94. The van der Waals surface area contributed by atoms with Crippen molar-refractivity contribution in [2.24, 2.45) is 5.92 Å². The molecule has 0 atom stereocenters. The van der Waals surface area contributed by atoms with E-state index in [0.717, 1.165) is 16.7 Å². The third-order valence-corrected chi connectivity index (χ3v) is 5.04. The molecular formula is C27H28O4. The van der Waals surface area contributed by atoms with Gasteiger partial charge in [-0.15, -0.1) is 0 Å². The molecule has 0 spiro atoms. The lowest BCUT2D eigenvalue weighted by Gasteiger charge is -2.21. The summed E-state index contributed by atoms with van der Waals surface area (Å²) in [5.41, 5.74) is 3.60. The second-order valence-electron chi connectivity index (χ2n) is 7.95. The van der Waals surface area contributed by atoms with E-state index in [1.54, 1.807) is 48.5 Å². The predicted molar refractivity (Wildman–Crippen MR) is 122 cm³/mol. The van der Waals surface area contributed by atoms with Gasteiger partial charge < -0.3 is 9.47 Å². The number of carbonyl (C=O) groups is 2. The molecule has 0 unspecified atom stereocenters. The van der Waals surface area contributed by atoms with Crippen LogP contribution in [0.2, 0.25) is 0 Å². The van der Waals surface area contributed by atoms with E-state index < -0.39 is 11.9 Å². The number of rotatable bonds is 7. The number of benzene rings is 3. The highest BCUT2D eigenvalue weighted by Gasteiger charge is 2.24. The van der Waals surface area contributed by atoms with Crippen molar-refractivity contribution in [1.29, 1.82) is 0 Å². The molecule has 3 aromatic rings.